The molecule has 1 aromatic rings. The van der Waals surface area contributed by atoms with Crippen molar-refractivity contribution >= 4 is 17.9 Å². The lowest BCUT2D eigenvalue weighted by molar-refractivity contribution is 0.0645. The molecule has 0 saturated carbocycles. The summed E-state index contributed by atoms with van der Waals surface area (Å²) in [6.07, 6.45) is 19.0. The first-order valence-electron chi connectivity index (χ1n) is 18.5. The molecule has 0 heterocycles. The van der Waals surface area contributed by atoms with Crippen molar-refractivity contribution in [1.29, 1.82) is 0 Å². The number of carboxylic acids is 3. The fourth-order valence-corrected chi connectivity index (χ4v) is 7.48. The van der Waals surface area contributed by atoms with E-state index in [1.165, 1.54) is 0 Å². The molecule has 0 fully saturated rings. The Labute approximate surface area is 274 Å². The van der Waals surface area contributed by atoms with Gasteiger partial charge in [-0.25, -0.2) is 14.4 Å². The van der Waals surface area contributed by atoms with E-state index in [2.05, 4.69) is 41.5 Å². The van der Waals surface area contributed by atoms with Crippen LogP contribution < -0.4 is 0 Å². The maximum atomic E-state index is 13.3. The number of hydrogen-bond acceptors (Lipinski definition) is 3. The minimum atomic E-state index is -1.33. The van der Waals surface area contributed by atoms with E-state index in [4.69, 9.17) is 0 Å². The normalized spacial score (nSPS) is 13.5. The Morgan fingerprint density at radius 3 is 0.978 bits per heavy atom. The molecule has 45 heavy (non-hydrogen) atoms. The van der Waals surface area contributed by atoms with Gasteiger partial charge in [-0.2, -0.15) is 0 Å². The number of aromatic carboxylic acids is 3. The Morgan fingerprint density at radius 1 is 0.400 bits per heavy atom. The smallest absolute Gasteiger partial charge is 0.336 e. The van der Waals surface area contributed by atoms with Crippen LogP contribution in [0.2, 0.25) is 0 Å². The van der Waals surface area contributed by atoms with Crippen LogP contribution in [0.5, 0.6) is 0 Å². The summed E-state index contributed by atoms with van der Waals surface area (Å²) in [6, 6.07) is 0. The fraction of sp³-hybridized carbons (Fsp3) is 0.769. The van der Waals surface area contributed by atoms with Crippen molar-refractivity contribution in [1.82, 2.24) is 0 Å². The van der Waals surface area contributed by atoms with Gasteiger partial charge in [-0.3, -0.25) is 0 Å². The van der Waals surface area contributed by atoms with Crippen molar-refractivity contribution < 1.29 is 29.7 Å². The quantitative estimate of drug-likeness (QED) is 0.0834. The molecule has 0 spiro atoms. The Bertz CT molecular complexity index is 1030. The van der Waals surface area contributed by atoms with E-state index < -0.39 is 17.9 Å². The third-order valence-corrected chi connectivity index (χ3v) is 9.68. The summed E-state index contributed by atoms with van der Waals surface area (Å²) in [6.45, 7) is 12.8. The van der Waals surface area contributed by atoms with Crippen molar-refractivity contribution in [3.63, 3.8) is 0 Å². The van der Waals surface area contributed by atoms with Gasteiger partial charge in [0.15, 0.2) is 0 Å². The van der Waals surface area contributed by atoms with Gasteiger partial charge in [-0.1, -0.05) is 157 Å². The van der Waals surface area contributed by atoms with Crippen molar-refractivity contribution in [2.45, 2.75) is 176 Å². The molecule has 0 aliphatic heterocycles. The maximum absolute atomic E-state index is 13.3. The maximum Gasteiger partial charge on any atom is 0.336 e. The monoisotopic (exact) mass is 630 g/mol. The van der Waals surface area contributed by atoms with E-state index in [9.17, 15) is 29.7 Å². The number of rotatable bonds is 27. The highest BCUT2D eigenvalue weighted by atomic mass is 16.4. The van der Waals surface area contributed by atoms with Crippen LogP contribution in [-0.2, 0) is 19.3 Å². The first-order chi connectivity index (χ1) is 21.6. The molecule has 0 aliphatic carbocycles. The molecule has 3 N–H and O–H groups in total. The number of benzene rings is 1. The van der Waals surface area contributed by atoms with Gasteiger partial charge in [-0.05, 0) is 53.7 Å². The third-order valence-electron chi connectivity index (χ3n) is 9.68. The molecule has 6 heteroatoms. The minimum absolute atomic E-state index is 0.0874. The third kappa shape index (κ3) is 13.5. The molecule has 0 bridgehead atoms. The summed E-state index contributed by atoms with van der Waals surface area (Å²) < 4.78 is 0. The Balaban J connectivity index is 4.14. The Kier molecular flexibility index (Phi) is 20.8. The van der Waals surface area contributed by atoms with E-state index in [1.54, 1.807) is 0 Å². The molecule has 0 saturated heterocycles. The summed E-state index contributed by atoms with van der Waals surface area (Å²) in [5.74, 6) is -3.18. The van der Waals surface area contributed by atoms with E-state index in [1.807, 2.05) is 0 Å². The zero-order valence-corrected chi connectivity index (χ0v) is 29.6. The van der Waals surface area contributed by atoms with Gasteiger partial charge < -0.3 is 15.3 Å². The minimum Gasteiger partial charge on any atom is -0.478 e. The predicted octanol–water partition coefficient (Wildman–Crippen LogP) is 11.4. The topological polar surface area (TPSA) is 112 Å². The van der Waals surface area contributed by atoms with Crippen LogP contribution >= 0.6 is 0 Å². The van der Waals surface area contributed by atoms with Crippen molar-refractivity contribution in [3.8, 4) is 0 Å². The lowest BCUT2D eigenvalue weighted by atomic mass is 9.75. The molecule has 0 aromatic heterocycles. The molecule has 3 unspecified atom stereocenters. The van der Waals surface area contributed by atoms with Crippen LogP contribution in [0.4, 0.5) is 0 Å². The largest absolute Gasteiger partial charge is 0.478 e. The second-order valence-electron chi connectivity index (χ2n) is 13.5. The van der Waals surface area contributed by atoms with E-state index in [0.29, 0.717) is 24.0 Å². The molecule has 3 atom stereocenters. The molecular weight excluding hydrogens is 564 g/mol. The molecule has 0 amide bonds. The average molecular weight is 631 g/mol. The second-order valence-corrected chi connectivity index (χ2v) is 13.5. The van der Waals surface area contributed by atoms with Gasteiger partial charge in [0.05, 0.1) is 16.7 Å². The van der Waals surface area contributed by atoms with Crippen LogP contribution in [0.1, 0.15) is 205 Å². The lowest BCUT2D eigenvalue weighted by Crippen LogP contribution is -2.26. The first kappa shape index (κ1) is 40.7. The van der Waals surface area contributed by atoms with Crippen LogP contribution in [0.25, 0.3) is 0 Å². The summed E-state index contributed by atoms with van der Waals surface area (Å²) in [7, 11) is 0. The van der Waals surface area contributed by atoms with Gasteiger partial charge in [-0.15, -0.1) is 0 Å². The van der Waals surface area contributed by atoms with E-state index >= 15 is 0 Å². The van der Waals surface area contributed by atoms with Crippen molar-refractivity contribution in [2.24, 2.45) is 17.8 Å². The molecular formula is C39H66O6. The van der Waals surface area contributed by atoms with Crippen LogP contribution in [0, 0.1) is 17.8 Å². The summed E-state index contributed by atoms with van der Waals surface area (Å²) in [5.41, 5.74) is 0.979. The number of unbranched alkanes of at least 4 members (excludes halogenated alkanes) is 6. The first-order valence-corrected chi connectivity index (χ1v) is 18.5. The second kappa shape index (κ2) is 23.0. The molecule has 258 valence electrons. The van der Waals surface area contributed by atoms with Gasteiger partial charge in [0.25, 0.3) is 0 Å². The zero-order valence-electron chi connectivity index (χ0n) is 29.6. The summed E-state index contributed by atoms with van der Waals surface area (Å²) >= 11 is 0. The SMILES string of the molecule is CCCCCC(CCC)Cc1c(CC(CCC)CCCCC)c(C(=O)O)c(C(=O)O)c(CC(CCC)CCCCC)c1C(=O)O. The fourth-order valence-electron chi connectivity index (χ4n) is 7.48. The Morgan fingerprint density at radius 2 is 0.689 bits per heavy atom. The molecule has 1 aromatic carbocycles. The lowest BCUT2D eigenvalue weighted by Gasteiger charge is -2.28. The van der Waals surface area contributed by atoms with E-state index in [-0.39, 0.29) is 46.4 Å². The van der Waals surface area contributed by atoms with Gasteiger partial charge in [0.2, 0.25) is 0 Å². The van der Waals surface area contributed by atoms with Gasteiger partial charge in [0.1, 0.15) is 0 Å². The predicted molar refractivity (Wildman–Crippen MR) is 186 cm³/mol. The average Bonchev–Trinajstić information content (AvgIpc) is 2.98. The summed E-state index contributed by atoms with van der Waals surface area (Å²) in [5, 5.41) is 32.3. The molecule has 0 radical (unpaired) electrons. The van der Waals surface area contributed by atoms with Crippen molar-refractivity contribution in [2.75, 3.05) is 0 Å². The van der Waals surface area contributed by atoms with Gasteiger partial charge in [0, 0.05) is 0 Å². The standard InChI is InChI=1S/C39H66O6/c1-7-13-16-22-28(19-10-4)25-31-32(26-29(20-11-5)23-17-14-8-2)35(38(42)43)36(39(44)45)33(34(31)37(40)41)27-30(21-12-6)24-18-15-9-3/h28-30H,7-27H2,1-6H3,(H,40,41)(H,42,43)(H,44,45). The van der Waals surface area contributed by atoms with Crippen LogP contribution in [0.15, 0.2) is 0 Å². The van der Waals surface area contributed by atoms with Gasteiger partial charge >= 0.3 is 17.9 Å². The van der Waals surface area contributed by atoms with Crippen LogP contribution in [-0.4, -0.2) is 33.2 Å². The van der Waals surface area contributed by atoms with Crippen molar-refractivity contribution in [3.05, 3.63) is 33.4 Å². The Hall–Kier alpha value is -2.37. The highest BCUT2D eigenvalue weighted by Crippen LogP contribution is 2.38. The zero-order chi connectivity index (χ0) is 33.8. The highest BCUT2D eigenvalue weighted by molar-refractivity contribution is 6.07. The van der Waals surface area contributed by atoms with E-state index in [0.717, 1.165) is 116 Å². The molecule has 0 aliphatic rings. The highest BCUT2D eigenvalue weighted by Gasteiger charge is 2.35. The van der Waals surface area contributed by atoms with Crippen LogP contribution in [0.3, 0.4) is 0 Å². The molecule has 6 nitrogen and oxygen atoms in total. The number of carboxylic acid groups (broad SMARTS) is 3. The molecule has 1 rings (SSSR count). The summed E-state index contributed by atoms with van der Waals surface area (Å²) in [4.78, 5) is 39.5. The number of carbonyl (C=O) groups is 3. The number of hydrogen-bond donors (Lipinski definition) is 3.